The van der Waals surface area contributed by atoms with Crippen molar-refractivity contribution in [2.24, 2.45) is 5.14 Å². The Morgan fingerprint density at radius 3 is 1.17 bits per heavy atom. The van der Waals surface area contributed by atoms with E-state index in [1.54, 1.807) is 18.8 Å². The second kappa shape index (κ2) is 16.5. The molecule has 0 bridgehead atoms. The van der Waals surface area contributed by atoms with Crippen molar-refractivity contribution in [2.75, 3.05) is 12.8 Å². The molecule has 2 atom stereocenters. The lowest BCUT2D eigenvalue weighted by Gasteiger charge is -2.57. The van der Waals surface area contributed by atoms with Crippen LogP contribution < -0.4 is 15.2 Å². The molecule has 6 aromatic carbocycles. The number of nitrogens with two attached hydrogens (primary N) is 1. The summed E-state index contributed by atoms with van der Waals surface area (Å²) in [6.07, 6.45) is 0.204. The maximum atomic E-state index is 14.8. The summed E-state index contributed by atoms with van der Waals surface area (Å²) in [7, 11) is -1.42. The fourth-order valence-electron chi connectivity index (χ4n) is 7.21. The summed E-state index contributed by atoms with van der Waals surface area (Å²) < 4.78 is 1.55. The maximum absolute atomic E-state index is 14.8. The van der Waals surface area contributed by atoms with Crippen LogP contribution in [0.3, 0.4) is 0 Å². The summed E-state index contributed by atoms with van der Waals surface area (Å²) in [4.78, 5) is 28.7. The third-order valence-corrected chi connectivity index (χ3v) is 15.0. The van der Waals surface area contributed by atoms with Crippen LogP contribution in [0.4, 0.5) is 0 Å². The highest BCUT2D eigenvalue weighted by atomic mass is 32.3. The first kappa shape index (κ1) is 36.7. The molecule has 2 amide bonds. The summed E-state index contributed by atoms with van der Waals surface area (Å²) in [5.74, 6) is -0.178. The van der Waals surface area contributed by atoms with Crippen molar-refractivity contribution in [2.45, 2.75) is 28.1 Å². The average molecular weight is 724 g/mol. The zero-order chi connectivity index (χ0) is 36.4. The van der Waals surface area contributed by atoms with Crippen molar-refractivity contribution < 1.29 is 9.59 Å². The Balaban J connectivity index is 1.66. The van der Waals surface area contributed by atoms with E-state index in [-0.39, 0.29) is 24.0 Å². The Morgan fingerprint density at radius 1 is 0.577 bits per heavy atom. The highest BCUT2D eigenvalue weighted by Gasteiger charge is 2.56. The Bertz CT molecular complexity index is 1840. The Morgan fingerprint density at radius 2 is 0.885 bits per heavy atom. The summed E-state index contributed by atoms with van der Waals surface area (Å²) in [5.41, 5.74) is 5.89. The molecule has 0 radical (unpaired) electrons. The largest absolute Gasteiger partial charge is 0.358 e. The molecular formula is C45H45N3O2S2. The Hall–Kier alpha value is -5.08. The lowest BCUT2D eigenvalue weighted by atomic mass is 9.84. The van der Waals surface area contributed by atoms with Crippen molar-refractivity contribution in [3.05, 3.63) is 215 Å². The van der Waals surface area contributed by atoms with Crippen molar-refractivity contribution >= 4 is 34.0 Å². The standard InChI is InChI=1S/C45H45N3O2S2/c1-3-42(49)48-52(46,45(38-28-16-7-17-29-38,39-30-18-8-19-31-39)40-32-20-9-21-33-40)41(43(50)47-2)34-51-44(35-22-10-4-11-23-35,36-24-12-5-13-25-36)37-26-14-6-15-27-37/h4-33,41H,3,34,46H2,1-2H3,(H,47,50)(H,48,49)/t41-/m1/s1. The predicted octanol–water partition coefficient (Wildman–Crippen LogP) is 8.94. The lowest BCUT2D eigenvalue weighted by molar-refractivity contribution is -0.119. The Labute approximate surface area is 313 Å². The van der Waals surface area contributed by atoms with E-state index in [2.05, 4.69) is 119 Å². The molecule has 0 fully saturated rings. The monoisotopic (exact) mass is 723 g/mol. The second-order valence-corrected chi connectivity index (χ2v) is 16.6. The van der Waals surface area contributed by atoms with Gasteiger partial charge in [-0.05, 0) is 33.4 Å². The number of hydrogen-bond donors (Lipinski definition) is 3. The van der Waals surface area contributed by atoms with E-state index in [0.717, 1.165) is 33.4 Å². The summed E-state index contributed by atoms with van der Waals surface area (Å²) in [5, 5.41) is 10.2. The number of benzene rings is 6. The van der Waals surface area contributed by atoms with Gasteiger partial charge in [0, 0.05) is 19.2 Å². The molecule has 0 heterocycles. The van der Waals surface area contributed by atoms with Gasteiger partial charge in [-0.25, -0.2) is 0 Å². The number of carbonyl (C=O) groups excluding carboxylic acids is 2. The van der Waals surface area contributed by atoms with Crippen molar-refractivity contribution in [1.82, 2.24) is 10.0 Å². The molecule has 0 saturated heterocycles. The van der Waals surface area contributed by atoms with Crippen LogP contribution in [0.25, 0.3) is 0 Å². The van der Waals surface area contributed by atoms with Crippen LogP contribution in [0.2, 0.25) is 0 Å². The van der Waals surface area contributed by atoms with Gasteiger partial charge < -0.3 is 10.0 Å². The normalized spacial score (nSPS) is 14.0. The van der Waals surface area contributed by atoms with Crippen LogP contribution in [-0.2, 0) is 19.1 Å². The molecule has 1 unspecified atom stereocenters. The molecule has 0 saturated carbocycles. The van der Waals surface area contributed by atoms with E-state index in [4.69, 9.17) is 5.14 Å². The van der Waals surface area contributed by atoms with Crippen LogP contribution in [0.1, 0.15) is 46.7 Å². The maximum Gasteiger partial charge on any atom is 0.235 e. The van der Waals surface area contributed by atoms with Crippen LogP contribution in [-0.4, -0.2) is 29.9 Å². The second-order valence-electron chi connectivity index (χ2n) is 12.6. The minimum Gasteiger partial charge on any atom is -0.358 e. The van der Waals surface area contributed by atoms with Crippen LogP contribution in [0, 0.1) is 0 Å². The molecule has 0 aliphatic carbocycles. The van der Waals surface area contributed by atoms with Gasteiger partial charge >= 0.3 is 0 Å². The minimum atomic E-state index is -3.07. The Kier molecular flexibility index (Phi) is 11.7. The van der Waals surface area contributed by atoms with Gasteiger partial charge in [-0.1, -0.05) is 199 Å². The van der Waals surface area contributed by atoms with Gasteiger partial charge in [-0.15, -0.1) is 11.8 Å². The molecule has 6 rings (SSSR count). The molecule has 0 spiro atoms. The fraction of sp³-hybridized carbons (Fsp3) is 0.156. The summed E-state index contributed by atoms with van der Waals surface area (Å²) >= 11 is 1.67. The smallest absolute Gasteiger partial charge is 0.235 e. The van der Waals surface area contributed by atoms with Crippen molar-refractivity contribution in [3.63, 3.8) is 0 Å². The molecule has 7 heteroatoms. The van der Waals surface area contributed by atoms with Gasteiger partial charge in [0.15, 0.2) is 0 Å². The highest BCUT2D eigenvalue weighted by molar-refractivity contribution is 8.33. The predicted molar refractivity (Wildman–Crippen MR) is 219 cm³/mol. The summed E-state index contributed by atoms with van der Waals surface area (Å²) in [6.45, 7) is 1.82. The molecule has 52 heavy (non-hydrogen) atoms. The molecular weight excluding hydrogens is 679 g/mol. The van der Waals surface area contributed by atoms with E-state index in [9.17, 15) is 9.59 Å². The topological polar surface area (TPSA) is 84.2 Å². The molecule has 0 aromatic heterocycles. The van der Waals surface area contributed by atoms with Gasteiger partial charge in [0.2, 0.25) is 11.8 Å². The number of thioether (sulfide) groups is 1. The molecule has 6 aromatic rings. The number of amides is 2. The van der Waals surface area contributed by atoms with Gasteiger partial charge in [-0.2, -0.15) is 0 Å². The van der Waals surface area contributed by atoms with Crippen LogP contribution in [0.5, 0.6) is 0 Å². The molecule has 5 nitrogen and oxygen atoms in total. The van der Waals surface area contributed by atoms with E-state index < -0.39 is 25.1 Å². The molecule has 0 aliphatic rings. The van der Waals surface area contributed by atoms with Crippen LogP contribution >= 0.6 is 22.2 Å². The van der Waals surface area contributed by atoms with Gasteiger partial charge in [0.1, 0.15) is 10.00 Å². The summed E-state index contributed by atoms with van der Waals surface area (Å²) in [6, 6.07) is 61.5. The third-order valence-electron chi connectivity index (χ3n) is 9.63. The van der Waals surface area contributed by atoms with Gasteiger partial charge in [-0.3, -0.25) is 14.7 Å². The van der Waals surface area contributed by atoms with E-state index >= 15 is 0 Å². The number of rotatable bonds is 14. The first-order chi connectivity index (χ1) is 25.4. The quantitative estimate of drug-likeness (QED) is 0.0981. The first-order valence-electron chi connectivity index (χ1n) is 17.5. The highest BCUT2D eigenvalue weighted by Crippen LogP contribution is 2.66. The third kappa shape index (κ3) is 6.80. The fourth-order valence-corrected chi connectivity index (χ4v) is 13.0. The average Bonchev–Trinajstić information content (AvgIpc) is 3.22. The first-order valence-corrected chi connectivity index (χ1v) is 20.2. The van der Waals surface area contributed by atoms with E-state index in [1.807, 2.05) is 79.7 Å². The van der Waals surface area contributed by atoms with Crippen molar-refractivity contribution in [3.8, 4) is 0 Å². The van der Waals surface area contributed by atoms with Gasteiger partial charge in [0.25, 0.3) is 0 Å². The lowest BCUT2D eigenvalue weighted by Crippen LogP contribution is -2.57. The number of nitrogens with one attached hydrogen (secondary N) is 2. The SMILES string of the molecule is CCC(=O)NS(N)([C@H](CSC(c1ccccc1)(c1ccccc1)c1ccccc1)C(=O)NC)C(c1ccccc1)(c1ccccc1)c1ccccc1. The van der Waals surface area contributed by atoms with Crippen LogP contribution in [0.15, 0.2) is 182 Å². The zero-order valence-corrected chi connectivity index (χ0v) is 31.2. The number of hydrogen-bond acceptors (Lipinski definition) is 4. The molecule has 0 aliphatic heterocycles. The van der Waals surface area contributed by atoms with E-state index in [1.165, 1.54) is 0 Å². The zero-order valence-electron chi connectivity index (χ0n) is 29.5. The van der Waals surface area contributed by atoms with E-state index in [0.29, 0.717) is 0 Å². The van der Waals surface area contributed by atoms with Gasteiger partial charge in [0.05, 0.1) is 4.75 Å². The van der Waals surface area contributed by atoms with Crippen molar-refractivity contribution in [1.29, 1.82) is 0 Å². The number of carbonyl (C=O) groups is 2. The molecule has 264 valence electrons. The molecule has 4 N–H and O–H groups in total. The minimum absolute atomic E-state index is 0.204.